The van der Waals surface area contributed by atoms with Gasteiger partial charge in [0.2, 0.25) is 11.8 Å². The third-order valence-corrected chi connectivity index (χ3v) is 4.23. The topological polar surface area (TPSA) is 92.5 Å². The van der Waals surface area contributed by atoms with E-state index in [0.717, 1.165) is 6.42 Å². The number of carbonyl (C=O) groups is 2. The summed E-state index contributed by atoms with van der Waals surface area (Å²) in [6.45, 7) is 4.09. The first-order valence-electron chi connectivity index (χ1n) is 7.40. The summed E-state index contributed by atoms with van der Waals surface area (Å²) in [5.41, 5.74) is 0.686. The predicted molar refractivity (Wildman–Crippen MR) is 86.5 cm³/mol. The largest absolute Gasteiger partial charge is 0.331 e. The number of nitrogens with zero attached hydrogens (tertiary/aromatic N) is 2. The first-order chi connectivity index (χ1) is 10.8. The molecule has 0 unspecified atom stereocenters. The smallest absolute Gasteiger partial charge is 0.289 e. The summed E-state index contributed by atoms with van der Waals surface area (Å²) in [6.07, 6.45) is 1.68. The van der Waals surface area contributed by atoms with Gasteiger partial charge in [-0.05, 0) is 31.4 Å². The van der Waals surface area contributed by atoms with Gasteiger partial charge in [-0.25, -0.2) is 0 Å². The quantitative estimate of drug-likeness (QED) is 0.659. The summed E-state index contributed by atoms with van der Waals surface area (Å²) in [6, 6.07) is 2.12. The second kappa shape index (κ2) is 6.95. The summed E-state index contributed by atoms with van der Waals surface area (Å²) in [4.78, 5) is 36.2. The minimum atomic E-state index is -0.598. The highest BCUT2D eigenvalue weighted by Gasteiger charge is 2.32. The molecule has 23 heavy (non-hydrogen) atoms. The van der Waals surface area contributed by atoms with E-state index in [4.69, 9.17) is 11.6 Å². The average molecular weight is 340 g/mol. The van der Waals surface area contributed by atoms with Gasteiger partial charge in [0.15, 0.2) is 0 Å². The lowest BCUT2D eigenvalue weighted by Crippen LogP contribution is -2.44. The molecule has 0 aliphatic carbocycles. The Bertz CT molecular complexity index is 662. The summed E-state index contributed by atoms with van der Waals surface area (Å²) in [5.74, 6) is -0.381. The minimum absolute atomic E-state index is 0.0206. The van der Waals surface area contributed by atoms with Crippen LogP contribution in [-0.4, -0.2) is 34.2 Å². The van der Waals surface area contributed by atoms with Gasteiger partial charge in [0.1, 0.15) is 11.1 Å². The summed E-state index contributed by atoms with van der Waals surface area (Å²) < 4.78 is 0. The van der Waals surface area contributed by atoms with Crippen molar-refractivity contribution in [3.05, 3.63) is 32.8 Å². The Balaban J connectivity index is 2.23. The van der Waals surface area contributed by atoms with Gasteiger partial charge in [0, 0.05) is 19.0 Å². The Hall–Kier alpha value is -2.15. The van der Waals surface area contributed by atoms with Crippen molar-refractivity contribution in [2.45, 2.75) is 39.2 Å². The fourth-order valence-corrected chi connectivity index (χ4v) is 2.99. The number of aryl methyl sites for hydroxylation is 1. The maximum atomic E-state index is 12.5. The highest BCUT2D eigenvalue weighted by Crippen LogP contribution is 2.31. The number of halogens is 1. The zero-order valence-electron chi connectivity index (χ0n) is 13.0. The number of amides is 2. The van der Waals surface area contributed by atoms with E-state index in [1.54, 1.807) is 11.8 Å². The number of likely N-dealkylation sites (tertiary alicyclic amines) is 1. The van der Waals surface area contributed by atoms with Crippen molar-refractivity contribution < 1.29 is 14.5 Å². The monoisotopic (exact) mass is 339 g/mol. The van der Waals surface area contributed by atoms with E-state index in [1.165, 1.54) is 12.1 Å². The number of rotatable bonds is 5. The maximum Gasteiger partial charge on any atom is 0.289 e. The molecule has 1 saturated heterocycles. The van der Waals surface area contributed by atoms with Crippen LogP contribution in [0.4, 0.5) is 11.4 Å². The molecule has 124 valence electrons. The molecule has 0 aromatic heterocycles. The van der Waals surface area contributed by atoms with E-state index in [2.05, 4.69) is 5.32 Å². The van der Waals surface area contributed by atoms with Crippen molar-refractivity contribution in [3.8, 4) is 0 Å². The van der Waals surface area contributed by atoms with Crippen LogP contribution in [0.1, 0.15) is 31.7 Å². The van der Waals surface area contributed by atoms with Gasteiger partial charge in [-0.3, -0.25) is 19.7 Å². The van der Waals surface area contributed by atoms with Crippen molar-refractivity contribution in [3.63, 3.8) is 0 Å². The molecular weight excluding hydrogens is 322 g/mol. The molecule has 0 spiro atoms. The highest BCUT2D eigenvalue weighted by atomic mass is 35.5. The van der Waals surface area contributed by atoms with Gasteiger partial charge in [-0.1, -0.05) is 18.5 Å². The van der Waals surface area contributed by atoms with Crippen molar-refractivity contribution >= 4 is 34.8 Å². The number of benzene rings is 1. The van der Waals surface area contributed by atoms with Crippen LogP contribution in [0, 0.1) is 17.0 Å². The standard InChI is InChI=1S/C15H18ClN3O4/c1-3-12(18-6-4-5-14(18)20)15(21)17-11-8-13(19(22)23)10(16)7-9(11)2/h7-8,12H,3-6H2,1-2H3,(H,17,21)/t12-/m0/s1. The number of hydrogen-bond donors (Lipinski definition) is 1. The second-order valence-corrected chi connectivity index (χ2v) is 5.89. The van der Waals surface area contributed by atoms with E-state index in [0.29, 0.717) is 30.6 Å². The number of hydrogen-bond acceptors (Lipinski definition) is 4. The van der Waals surface area contributed by atoms with Crippen LogP contribution in [-0.2, 0) is 9.59 Å². The lowest BCUT2D eigenvalue weighted by Gasteiger charge is -2.26. The molecule has 0 saturated carbocycles. The number of carbonyl (C=O) groups excluding carboxylic acids is 2. The number of anilines is 1. The molecule has 0 bridgehead atoms. The van der Waals surface area contributed by atoms with Gasteiger partial charge < -0.3 is 10.2 Å². The van der Waals surface area contributed by atoms with Crippen molar-refractivity contribution in [2.75, 3.05) is 11.9 Å². The van der Waals surface area contributed by atoms with Gasteiger partial charge in [-0.15, -0.1) is 0 Å². The van der Waals surface area contributed by atoms with E-state index < -0.39 is 11.0 Å². The Kier molecular flexibility index (Phi) is 5.20. The van der Waals surface area contributed by atoms with Crippen molar-refractivity contribution in [1.29, 1.82) is 0 Å². The molecule has 1 atom stereocenters. The molecule has 2 rings (SSSR count). The molecule has 1 aromatic rings. The number of nitro groups is 1. The molecule has 7 nitrogen and oxygen atoms in total. The molecule has 1 aromatic carbocycles. The third kappa shape index (κ3) is 3.61. The molecule has 1 aliphatic rings. The van der Waals surface area contributed by atoms with Crippen molar-refractivity contribution in [2.24, 2.45) is 0 Å². The van der Waals surface area contributed by atoms with Gasteiger partial charge in [-0.2, -0.15) is 0 Å². The molecule has 2 amide bonds. The fraction of sp³-hybridized carbons (Fsp3) is 0.467. The highest BCUT2D eigenvalue weighted by molar-refractivity contribution is 6.32. The van der Waals surface area contributed by atoms with Crippen LogP contribution >= 0.6 is 11.6 Å². The Morgan fingerprint density at radius 1 is 1.52 bits per heavy atom. The Morgan fingerprint density at radius 2 is 2.22 bits per heavy atom. The van der Waals surface area contributed by atoms with Crippen LogP contribution in [0.2, 0.25) is 5.02 Å². The van der Waals surface area contributed by atoms with Gasteiger partial charge >= 0.3 is 0 Å². The number of nitrogens with one attached hydrogen (secondary N) is 1. The van der Waals surface area contributed by atoms with Crippen LogP contribution in [0.15, 0.2) is 12.1 Å². The van der Waals surface area contributed by atoms with Crippen LogP contribution in [0.3, 0.4) is 0 Å². The summed E-state index contributed by atoms with van der Waals surface area (Å²) in [5, 5.41) is 13.7. The summed E-state index contributed by atoms with van der Waals surface area (Å²) >= 11 is 5.84. The van der Waals surface area contributed by atoms with Crippen LogP contribution < -0.4 is 5.32 Å². The molecule has 1 N–H and O–H groups in total. The first kappa shape index (κ1) is 17.2. The van der Waals surface area contributed by atoms with E-state index in [-0.39, 0.29) is 22.5 Å². The molecule has 8 heteroatoms. The zero-order valence-corrected chi connectivity index (χ0v) is 13.7. The normalized spacial score (nSPS) is 15.6. The number of nitro benzene ring substituents is 1. The third-order valence-electron chi connectivity index (χ3n) is 3.92. The van der Waals surface area contributed by atoms with Crippen LogP contribution in [0.25, 0.3) is 0 Å². The van der Waals surface area contributed by atoms with Crippen molar-refractivity contribution in [1.82, 2.24) is 4.90 Å². The first-order valence-corrected chi connectivity index (χ1v) is 7.77. The van der Waals surface area contributed by atoms with E-state index >= 15 is 0 Å². The molecule has 1 aliphatic heterocycles. The van der Waals surface area contributed by atoms with E-state index in [9.17, 15) is 19.7 Å². The predicted octanol–water partition coefficient (Wildman–Crippen LogP) is 2.90. The van der Waals surface area contributed by atoms with Gasteiger partial charge in [0.25, 0.3) is 5.69 Å². The van der Waals surface area contributed by atoms with E-state index in [1.807, 2.05) is 6.92 Å². The molecule has 0 radical (unpaired) electrons. The van der Waals surface area contributed by atoms with Gasteiger partial charge in [0.05, 0.1) is 10.6 Å². The maximum absolute atomic E-state index is 12.5. The SMILES string of the molecule is CC[C@@H](C(=O)Nc1cc([N+](=O)[O-])c(Cl)cc1C)N1CCCC1=O. The lowest BCUT2D eigenvalue weighted by molar-refractivity contribution is -0.384. The zero-order chi connectivity index (χ0) is 17.1. The minimum Gasteiger partial charge on any atom is -0.331 e. The fourth-order valence-electron chi connectivity index (χ4n) is 2.70. The van der Waals surface area contributed by atoms with Crippen LogP contribution in [0.5, 0.6) is 0 Å². The molecular formula is C15H18ClN3O4. The second-order valence-electron chi connectivity index (χ2n) is 5.48. The Labute approximate surface area is 138 Å². The average Bonchev–Trinajstić information content (AvgIpc) is 2.88. The summed E-state index contributed by atoms with van der Waals surface area (Å²) in [7, 11) is 0. The molecule has 1 fully saturated rings. The Morgan fingerprint density at radius 3 is 2.74 bits per heavy atom. The molecule has 1 heterocycles. The lowest BCUT2D eigenvalue weighted by atomic mass is 10.1.